The Labute approximate surface area is 200 Å². The molecule has 1 aliphatic heterocycles. The Hall–Kier alpha value is -3.36. The molecule has 1 aromatic carbocycles. The maximum Gasteiger partial charge on any atom is 0.328 e. The zero-order chi connectivity index (χ0) is 24.5. The number of carbonyl (C=O) groups is 3. The summed E-state index contributed by atoms with van der Waals surface area (Å²) in [7, 11) is 1.31. The molecule has 2 heterocycles. The molecule has 2 aromatic rings. The van der Waals surface area contributed by atoms with E-state index in [1.165, 1.54) is 7.11 Å². The second-order valence-corrected chi connectivity index (χ2v) is 9.06. The van der Waals surface area contributed by atoms with Crippen LogP contribution in [0, 0.1) is 5.92 Å². The number of nitrogens with zero attached hydrogens (tertiary/aromatic N) is 3. The number of nitrogens with one attached hydrogen (secondary N) is 2. The molecule has 9 heteroatoms. The number of imidazole rings is 1. The van der Waals surface area contributed by atoms with E-state index >= 15 is 0 Å². The molecule has 1 fully saturated rings. The number of rotatable bonds is 10. The number of aromatic nitrogens is 2. The second-order valence-electron chi connectivity index (χ2n) is 9.06. The van der Waals surface area contributed by atoms with E-state index in [1.54, 1.807) is 17.4 Å². The van der Waals surface area contributed by atoms with Crippen LogP contribution in [0.15, 0.2) is 42.9 Å². The number of aryl methyl sites for hydroxylation is 1. The third-order valence-corrected chi connectivity index (χ3v) is 6.04. The van der Waals surface area contributed by atoms with Gasteiger partial charge in [-0.3, -0.25) is 4.79 Å². The summed E-state index contributed by atoms with van der Waals surface area (Å²) in [5, 5.41) is 2.81. The van der Waals surface area contributed by atoms with Crippen molar-refractivity contribution in [3.8, 4) is 0 Å². The average molecular weight is 470 g/mol. The Morgan fingerprint density at radius 1 is 1.24 bits per heavy atom. The van der Waals surface area contributed by atoms with Crippen molar-refractivity contribution >= 4 is 17.9 Å². The molecular weight excluding hydrogens is 434 g/mol. The number of carbonyl (C=O) groups excluding carboxylic acids is 3. The molecule has 34 heavy (non-hydrogen) atoms. The van der Waals surface area contributed by atoms with Crippen molar-refractivity contribution in [3.05, 3.63) is 54.1 Å². The fourth-order valence-electron chi connectivity index (χ4n) is 4.28. The molecule has 0 saturated carbocycles. The van der Waals surface area contributed by atoms with Crippen LogP contribution in [0.5, 0.6) is 0 Å². The lowest BCUT2D eigenvalue weighted by Crippen LogP contribution is -2.62. The summed E-state index contributed by atoms with van der Waals surface area (Å²) in [4.78, 5) is 49.5. The lowest BCUT2D eigenvalue weighted by molar-refractivity contribution is -0.143. The maximum absolute atomic E-state index is 13.5. The highest BCUT2D eigenvalue weighted by Gasteiger charge is 2.38. The first-order chi connectivity index (χ1) is 16.4. The average Bonchev–Trinajstić information content (AvgIpc) is 3.34. The molecule has 1 aliphatic rings. The van der Waals surface area contributed by atoms with Crippen LogP contribution in [0.25, 0.3) is 0 Å². The van der Waals surface area contributed by atoms with Crippen molar-refractivity contribution in [1.29, 1.82) is 0 Å². The van der Waals surface area contributed by atoms with E-state index in [1.807, 2.05) is 49.1 Å². The highest BCUT2D eigenvalue weighted by Crippen LogP contribution is 2.18. The number of ether oxygens (including phenoxy) is 1. The summed E-state index contributed by atoms with van der Waals surface area (Å²) in [5.74, 6) is -0.364. The van der Waals surface area contributed by atoms with Gasteiger partial charge in [0.15, 0.2) is 0 Å². The standard InChI is InChI=1S/C25H35N5O4/c1-18(2)14-21(24(32)34-3)28-25(33)30-13-12-29(11-7-10-20-16-26-17-27-20)23(31)22(30)15-19-8-5-4-6-9-19/h4-6,8-9,16-18,21-22H,7,10-15H2,1-3H3,(H,26,27)(H,28,33)/t21-,22-/m0/s1. The summed E-state index contributed by atoms with van der Waals surface area (Å²) in [6.07, 6.45) is 5.91. The van der Waals surface area contributed by atoms with E-state index in [-0.39, 0.29) is 11.8 Å². The predicted octanol–water partition coefficient (Wildman–Crippen LogP) is 2.40. The van der Waals surface area contributed by atoms with E-state index in [0.717, 1.165) is 24.1 Å². The first-order valence-corrected chi connectivity index (χ1v) is 11.8. The van der Waals surface area contributed by atoms with Gasteiger partial charge in [-0.2, -0.15) is 0 Å². The van der Waals surface area contributed by atoms with Gasteiger partial charge in [-0.15, -0.1) is 0 Å². The van der Waals surface area contributed by atoms with Crippen molar-refractivity contribution in [3.63, 3.8) is 0 Å². The summed E-state index contributed by atoms with van der Waals surface area (Å²) < 4.78 is 4.88. The number of hydrogen-bond acceptors (Lipinski definition) is 5. The molecule has 2 N–H and O–H groups in total. The first-order valence-electron chi connectivity index (χ1n) is 11.8. The molecule has 0 spiro atoms. The summed E-state index contributed by atoms with van der Waals surface area (Å²) >= 11 is 0. The number of benzene rings is 1. The van der Waals surface area contributed by atoms with Crippen LogP contribution in [0.4, 0.5) is 4.79 Å². The number of methoxy groups -OCH3 is 1. The summed E-state index contributed by atoms with van der Waals surface area (Å²) in [6, 6.07) is 7.87. The van der Waals surface area contributed by atoms with Crippen molar-refractivity contribution in [2.45, 2.75) is 51.6 Å². The lowest BCUT2D eigenvalue weighted by Gasteiger charge is -2.41. The van der Waals surface area contributed by atoms with Gasteiger partial charge in [0.2, 0.25) is 5.91 Å². The van der Waals surface area contributed by atoms with Crippen molar-refractivity contribution in [2.24, 2.45) is 5.92 Å². The number of esters is 1. The largest absolute Gasteiger partial charge is 0.467 e. The highest BCUT2D eigenvalue weighted by molar-refractivity contribution is 5.90. The molecule has 2 atom stereocenters. The Balaban J connectivity index is 1.72. The van der Waals surface area contributed by atoms with E-state index in [0.29, 0.717) is 32.5 Å². The maximum atomic E-state index is 13.5. The van der Waals surface area contributed by atoms with E-state index in [4.69, 9.17) is 4.74 Å². The van der Waals surface area contributed by atoms with Crippen LogP contribution in [-0.4, -0.2) is 76.5 Å². The van der Waals surface area contributed by atoms with Crippen LogP contribution < -0.4 is 5.32 Å². The van der Waals surface area contributed by atoms with E-state index in [2.05, 4.69) is 15.3 Å². The molecule has 0 bridgehead atoms. The van der Waals surface area contributed by atoms with Gasteiger partial charge in [0.1, 0.15) is 12.1 Å². The third kappa shape index (κ3) is 6.82. The van der Waals surface area contributed by atoms with Crippen LogP contribution in [0.2, 0.25) is 0 Å². The lowest BCUT2D eigenvalue weighted by atomic mass is 10.0. The van der Waals surface area contributed by atoms with Gasteiger partial charge in [-0.05, 0) is 30.7 Å². The van der Waals surface area contributed by atoms with Gasteiger partial charge in [-0.25, -0.2) is 14.6 Å². The Bertz CT molecular complexity index is 932. The molecule has 3 rings (SSSR count). The number of H-pyrrole nitrogens is 1. The topological polar surface area (TPSA) is 108 Å². The molecule has 3 amide bonds. The van der Waals surface area contributed by atoms with Crippen molar-refractivity contribution in [1.82, 2.24) is 25.1 Å². The summed E-state index contributed by atoms with van der Waals surface area (Å²) in [6.45, 7) is 5.41. The SMILES string of the molecule is COC(=O)[C@H](CC(C)C)NC(=O)N1CCN(CCCc2cnc[nH]2)C(=O)[C@@H]1Cc1ccccc1. The summed E-state index contributed by atoms with van der Waals surface area (Å²) in [5.41, 5.74) is 2.01. The molecule has 0 aliphatic carbocycles. The van der Waals surface area contributed by atoms with Crippen LogP contribution in [0.1, 0.15) is 37.9 Å². The molecule has 0 unspecified atom stereocenters. The minimum absolute atomic E-state index is 0.0756. The Morgan fingerprint density at radius 3 is 2.65 bits per heavy atom. The van der Waals surface area contributed by atoms with Gasteiger partial charge in [0.05, 0.1) is 13.4 Å². The smallest absolute Gasteiger partial charge is 0.328 e. The van der Waals surface area contributed by atoms with Gasteiger partial charge in [-0.1, -0.05) is 44.2 Å². The van der Waals surface area contributed by atoms with Gasteiger partial charge >= 0.3 is 12.0 Å². The number of aromatic amines is 1. The highest BCUT2D eigenvalue weighted by atomic mass is 16.5. The number of piperazine rings is 1. The molecule has 9 nitrogen and oxygen atoms in total. The van der Waals surface area contributed by atoms with Gasteiger partial charge in [0.25, 0.3) is 0 Å². The normalized spacial score (nSPS) is 17.1. The van der Waals surface area contributed by atoms with Crippen molar-refractivity contribution < 1.29 is 19.1 Å². The fourth-order valence-corrected chi connectivity index (χ4v) is 4.28. The van der Waals surface area contributed by atoms with Gasteiger partial charge < -0.3 is 24.8 Å². The molecule has 1 saturated heterocycles. The van der Waals surface area contributed by atoms with Crippen LogP contribution in [0.3, 0.4) is 0 Å². The quantitative estimate of drug-likeness (QED) is 0.520. The van der Waals surface area contributed by atoms with E-state index < -0.39 is 24.1 Å². The van der Waals surface area contributed by atoms with Crippen molar-refractivity contribution in [2.75, 3.05) is 26.7 Å². The number of urea groups is 1. The molecule has 1 aromatic heterocycles. The van der Waals surface area contributed by atoms with Crippen LogP contribution >= 0.6 is 0 Å². The minimum Gasteiger partial charge on any atom is -0.467 e. The zero-order valence-electron chi connectivity index (χ0n) is 20.2. The minimum atomic E-state index is -0.752. The second kappa shape index (κ2) is 12.2. The predicted molar refractivity (Wildman–Crippen MR) is 128 cm³/mol. The fraction of sp³-hybridized carbons (Fsp3) is 0.520. The molecule has 184 valence electrons. The van der Waals surface area contributed by atoms with E-state index in [9.17, 15) is 14.4 Å². The number of amides is 3. The zero-order valence-corrected chi connectivity index (χ0v) is 20.2. The first kappa shape index (κ1) is 25.3. The monoisotopic (exact) mass is 469 g/mol. The molecule has 0 radical (unpaired) electrons. The molecular formula is C25H35N5O4. The number of hydrogen-bond donors (Lipinski definition) is 2. The Kier molecular flexibility index (Phi) is 9.07. The third-order valence-electron chi connectivity index (χ3n) is 6.04. The van der Waals surface area contributed by atoms with Gasteiger partial charge in [0, 0.05) is 37.9 Å². The Morgan fingerprint density at radius 2 is 2.00 bits per heavy atom. The van der Waals surface area contributed by atoms with Crippen LogP contribution in [-0.2, 0) is 27.2 Å².